The van der Waals surface area contributed by atoms with Crippen LogP contribution in [0.5, 0.6) is 23.0 Å². The van der Waals surface area contributed by atoms with Crippen molar-refractivity contribution in [2.75, 3.05) is 28.4 Å². The van der Waals surface area contributed by atoms with Gasteiger partial charge in [-0.1, -0.05) is 0 Å². The highest BCUT2D eigenvalue weighted by Crippen LogP contribution is 2.45. The van der Waals surface area contributed by atoms with E-state index in [0.29, 0.717) is 0 Å². The molecule has 0 saturated carbocycles. The molecule has 0 aliphatic heterocycles. The van der Waals surface area contributed by atoms with Crippen molar-refractivity contribution in [1.82, 2.24) is 0 Å². The molecule has 0 bridgehead atoms. The summed E-state index contributed by atoms with van der Waals surface area (Å²) in [5.41, 5.74) is 8.85. The molecule has 3 rings (SSSR count). The minimum Gasteiger partial charge on any atom is -0.497 e. The Morgan fingerprint density at radius 1 is 0.433 bits per heavy atom. The molecule has 0 saturated heterocycles. The van der Waals surface area contributed by atoms with Gasteiger partial charge in [-0.15, -0.1) is 0 Å². The molecule has 3 aromatic carbocycles. The maximum absolute atomic E-state index is 5.77. The fraction of sp³-hybridized carbons (Fsp3) is 0.308. The van der Waals surface area contributed by atoms with Gasteiger partial charge in [-0.3, -0.25) is 0 Å². The van der Waals surface area contributed by atoms with Crippen molar-refractivity contribution in [1.29, 1.82) is 0 Å². The average molecular weight is 407 g/mol. The molecule has 0 amide bonds. The van der Waals surface area contributed by atoms with E-state index >= 15 is 0 Å². The van der Waals surface area contributed by atoms with Gasteiger partial charge in [0.25, 0.3) is 0 Å². The molecule has 0 spiro atoms. The van der Waals surface area contributed by atoms with Gasteiger partial charge in [0, 0.05) is 17.2 Å². The third-order valence-corrected chi connectivity index (χ3v) is 5.54. The highest BCUT2D eigenvalue weighted by Gasteiger charge is 2.20. The minimum atomic E-state index is 0.774. The minimum absolute atomic E-state index is 0.774. The van der Waals surface area contributed by atoms with Crippen LogP contribution in [0, 0.1) is 27.7 Å². The lowest BCUT2D eigenvalue weighted by molar-refractivity contribution is 0.396. The molecule has 4 heteroatoms. The van der Waals surface area contributed by atoms with E-state index in [-0.39, 0.29) is 0 Å². The third kappa shape index (κ3) is 3.82. The zero-order valence-electron chi connectivity index (χ0n) is 19.1. The van der Waals surface area contributed by atoms with Crippen LogP contribution >= 0.6 is 0 Å². The van der Waals surface area contributed by atoms with Gasteiger partial charge in [0.2, 0.25) is 0 Å². The second-order valence-corrected chi connectivity index (χ2v) is 7.53. The lowest BCUT2D eigenvalue weighted by Crippen LogP contribution is -1.99. The van der Waals surface area contributed by atoms with Crippen molar-refractivity contribution < 1.29 is 18.9 Å². The van der Waals surface area contributed by atoms with E-state index < -0.39 is 0 Å². The highest BCUT2D eigenvalue weighted by atomic mass is 16.5. The first kappa shape index (κ1) is 21.6. The number of rotatable bonds is 6. The zero-order valence-corrected chi connectivity index (χ0v) is 19.1. The summed E-state index contributed by atoms with van der Waals surface area (Å²) in [5.74, 6) is 3.25. The maximum atomic E-state index is 5.77. The molecular formula is C26H30O4. The van der Waals surface area contributed by atoms with Crippen LogP contribution in [-0.2, 0) is 0 Å². The van der Waals surface area contributed by atoms with Crippen LogP contribution < -0.4 is 18.9 Å². The van der Waals surface area contributed by atoms with Crippen molar-refractivity contribution in [2.45, 2.75) is 27.7 Å². The van der Waals surface area contributed by atoms with Crippen molar-refractivity contribution in [3.05, 3.63) is 58.7 Å². The monoisotopic (exact) mass is 406 g/mol. The Hall–Kier alpha value is -3.14. The van der Waals surface area contributed by atoms with E-state index in [1.807, 2.05) is 6.07 Å². The molecule has 0 radical (unpaired) electrons. The predicted octanol–water partition coefficient (Wildman–Crippen LogP) is 6.29. The Bertz CT molecular complexity index is 954. The summed E-state index contributed by atoms with van der Waals surface area (Å²) in [6.45, 7) is 8.38. The van der Waals surface area contributed by atoms with E-state index in [0.717, 1.165) is 67.5 Å². The second-order valence-electron chi connectivity index (χ2n) is 7.53. The Morgan fingerprint density at radius 3 is 1.03 bits per heavy atom. The van der Waals surface area contributed by atoms with Crippen molar-refractivity contribution in [2.24, 2.45) is 0 Å². The van der Waals surface area contributed by atoms with Crippen molar-refractivity contribution in [3.8, 4) is 45.3 Å². The Labute approximate surface area is 179 Å². The third-order valence-electron chi connectivity index (χ3n) is 5.54. The van der Waals surface area contributed by atoms with Crippen LogP contribution in [0.1, 0.15) is 22.3 Å². The van der Waals surface area contributed by atoms with Crippen molar-refractivity contribution in [3.63, 3.8) is 0 Å². The Balaban J connectivity index is 2.34. The molecule has 0 N–H and O–H groups in total. The van der Waals surface area contributed by atoms with Crippen molar-refractivity contribution >= 4 is 0 Å². The van der Waals surface area contributed by atoms with E-state index in [1.165, 1.54) is 0 Å². The van der Waals surface area contributed by atoms with Gasteiger partial charge < -0.3 is 18.9 Å². The molecule has 0 aliphatic rings. The molecule has 0 heterocycles. The summed E-state index contributed by atoms with van der Waals surface area (Å²) in [6.07, 6.45) is 0. The topological polar surface area (TPSA) is 36.9 Å². The van der Waals surface area contributed by atoms with E-state index in [9.17, 15) is 0 Å². The zero-order chi connectivity index (χ0) is 22.0. The maximum Gasteiger partial charge on any atom is 0.130 e. The second kappa shape index (κ2) is 8.70. The summed E-state index contributed by atoms with van der Waals surface area (Å²) >= 11 is 0. The summed E-state index contributed by atoms with van der Waals surface area (Å²) in [5, 5.41) is 0. The fourth-order valence-corrected chi connectivity index (χ4v) is 4.22. The molecule has 0 aromatic heterocycles. The molecule has 3 aromatic rings. The van der Waals surface area contributed by atoms with Gasteiger partial charge in [-0.25, -0.2) is 0 Å². The van der Waals surface area contributed by atoms with Gasteiger partial charge in [-0.2, -0.15) is 0 Å². The summed E-state index contributed by atoms with van der Waals surface area (Å²) < 4.78 is 22.4. The largest absolute Gasteiger partial charge is 0.497 e. The van der Waals surface area contributed by atoms with Crippen LogP contribution in [-0.4, -0.2) is 28.4 Å². The summed E-state index contributed by atoms with van der Waals surface area (Å²) in [4.78, 5) is 0. The molecule has 30 heavy (non-hydrogen) atoms. The summed E-state index contributed by atoms with van der Waals surface area (Å²) in [6, 6.07) is 12.3. The SMILES string of the molecule is COc1cc(C)c(-c2cc(-c3c(C)cc(OC)cc3C)c(OC)cc2OC)c(C)c1. The smallest absolute Gasteiger partial charge is 0.130 e. The van der Waals surface area contributed by atoms with Gasteiger partial charge in [0.1, 0.15) is 23.0 Å². The highest BCUT2D eigenvalue weighted by molar-refractivity contribution is 5.86. The predicted molar refractivity (Wildman–Crippen MR) is 122 cm³/mol. The molecule has 158 valence electrons. The number of ether oxygens (including phenoxy) is 4. The molecular weight excluding hydrogens is 376 g/mol. The average Bonchev–Trinajstić information content (AvgIpc) is 2.72. The summed E-state index contributed by atoms with van der Waals surface area (Å²) in [7, 11) is 6.76. The van der Waals surface area contributed by atoms with E-state index in [2.05, 4.69) is 58.0 Å². The quantitative estimate of drug-likeness (QED) is 0.482. The fourth-order valence-electron chi connectivity index (χ4n) is 4.22. The lowest BCUT2D eigenvalue weighted by Gasteiger charge is -2.21. The van der Waals surface area contributed by atoms with E-state index in [1.54, 1.807) is 28.4 Å². The van der Waals surface area contributed by atoms with Crippen LogP contribution in [0.3, 0.4) is 0 Å². The Kier molecular flexibility index (Phi) is 6.25. The number of methoxy groups -OCH3 is 4. The first-order chi connectivity index (χ1) is 14.3. The van der Waals surface area contributed by atoms with E-state index in [4.69, 9.17) is 18.9 Å². The number of hydrogen-bond acceptors (Lipinski definition) is 4. The molecule has 0 unspecified atom stereocenters. The molecule has 0 atom stereocenters. The van der Waals surface area contributed by atoms with Crippen LogP contribution in [0.25, 0.3) is 22.3 Å². The lowest BCUT2D eigenvalue weighted by atomic mass is 9.89. The number of benzene rings is 3. The first-order valence-corrected chi connectivity index (χ1v) is 9.91. The normalized spacial score (nSPS) is 10.7. The Morgan fingerprint density at radius 2 is 0.767 bits per heavy atom. The molecule has 0 fully saturated rings. The van der Waals surface area contributed by atoms with Gasteiger partial charge in [-0.05, 0) is 91.4 Å². The molecule has 4 nitrogen and oxygen atoms in total. The van der Waals surface area contributed by atoms with Crippen LogP contribution in [0.2, 0.25) is 0 Å². The van der Waals surface area contributed by atoms with Gasteiger partial charge >= 0.3 is 0 Å². The number of hydrogen-bond donors (Lipinski definition) is 0. The van der Waals surface area contributed by atoms with Crippen LogP contribution in [0.4, 0.5) is 0 Å². The number of aryl methyl sites for hydroxylation is 4. The standard InChI is InChI=1S/C26H30O4/c1-15-9-19(27-5)10-16(2)25(15)21-13-22(24(30-8)14-23(21)29-7)26-17(3)11-20(28-6)12-18(26)4/h9-14H,1-8H3. The van der Waals surface area contributed by atoms with Gasteiger partial charge in [0.15, 0.2) is 0 Å². The molecule has 0 aliphatic carbocycles. The van der Waals surface area contributed by atoms with Crippen LogP contribution in [0.15, 0.2) is 36.4 Å². The first-order valence-electron chi connectivity index (χ1n) is 9.91. The van der Waals surface area contributed by atoms with Gasteiger partial charge in [0.05, 0.1) is 28.4 Å².